The van der Waals surface area contributed by atoms with Crippen molar-refractivity contribution >= 4 is 23.2 Å². The number of aromatic nitrogens is 4. The largest absolute Gasteiger partial charge is 0.300 e. The number of carbonyl (C=O) groups excluding carboxylic acids is 1. The smallest absolute Gasteiger partial charge is 0.293 e. The Balaban J connectivity index is 1.60. The number of Topliss-reactive ketones (excluding diaryl/α,β-unsaturated/α-hetero) is 1. The van der Waals surface area contributed by atoms with Crippen molar-refractivity contribution in [1.82, 2.24) is 19.2 Å². The van der Waals surface area contributed by atoms with Crippen LogP contribution in [0.15, 0.2) is 64.8 Å². The zero-order chi connectivity index (χ0) is 20.5. The molecule has 0 aliphatic heterocycles. The second-order valence-electron chi connectivity index (χ2n) is 6.66. The highest BCUT2D eigenvalue weighted by Gasteiger charge is 2.15. The molecular weight excluding hydrogens is 391 g/mol. The van der Waals surface area contributed by atoms with E-state index in [4.69, 9.17) is 0 Å². The minimum absolute atomic E-state index is 0.0163. The Hall–Kier alpha value is -3.26. The molecular formula is C21H17FN4O2S. The number of hydrogen-bond donors (Lipinski definition) is 0. The first-order chi connectivity index (χ1) is 13.9. The van der Waals surface area contributed by atoms with Crippen LogP contribution in [0.1, 0.15) is 21.5 Å². The molecule has 4 rings (SSSR count). The van der Waals surface area contributed by atoms with Gasteiger partial charge in [0.2, 0.25) is 5.65 Å². The van der Waals surface area contributed by atoms with E-state index in [0.717, 1.165) is 11.1 Å². The first-order valence-electron chi connectivity index (χ1n) is 8.89. The number of thioether (sulfide) groups is 1. The molecule has 0 aliphatic rings. The van der Waals surface area contributed by atoms with Gasteiger partial charge >= 0.3 is 5.56 Å². The maximum absolute atomic E-state index is 13.5. The van der Waals surface area contributed by atoms with E-state index < -0.39 is 11.4 Å². The summed E-state index contributed by atoms with van der Waals surface area (Å²) in [5, 5.41) is 8.45. The molecule has 0 bridgehead atoms. The van der Waals surface area contributed by atoms with Crippen molar-refractivity contribution in [3.8, 4) is 5.69 Å². The maximum Gasteiger partial charge on any atom is 0.300 e. The van der Waals surface area contributed by atoms with E-state index in [-0.39, 0.29) is 17.2 Å². The van der Waals surface area contributed by atoms with Gasteiger partial charge in [0, 0.05) is 18.0 Å². The predicted octanol–water partition coefficient (Wildman–Crippen LogP) is 3.61. The summed E-state index contributed by atoms with van der Waals surface area (Å²) >= 11 is 1.22. The van der Waals surface area contributed by atoms with E-state index in [1.54, 1.807) is 12.3 Å². The average Bonchev–Trinajstić information content (AvgIpc) is 3.10. The Kier molecular flexibility index (Phi) is 5.02. The summed E-state index contributed by atoms with van der Waals surface area (Å²) in [6.45, 7) is 3.89. The quantitative estimate of drug-likeness (QED) is 0.373. The van der Waals surface area contributed by atoms with Crippen LogP contribution in [0.25, 0.3) is 11.3 Å². The molecule has 0 radical (unpaired) electrons. The number of ketones is 1. The minimum atomic E-state index is -0.433. The number of nitrogens with zero attached hydrogens (tertiary/aromatic N) is 4. The van der Waals surface area contributed by atoms with Gasteiger partial charge in [0.25, 0.3) is 0 Å². The highest BCUT2D eigenvalue weighted by molar-refractivity contribution is 7.99. The lowest BCUT2D eigenvalue weighted by Gasteiger charge is -2.07. The zero-order valence-electron chi connectivity index (χ0n) is 15.8. The Morgan fingerprint density at radius 1 is 1.10 bits per heavy atom. The molecule has 0 spiro atoms. The SMILES string of the molecule is Cc1ccc(C(=O)CSc2nnc3c(=O)n(-c4cccc(F)c4)ccn23)c(C)c1. The van der Waals surface area contributed by atoms with Gasteiger partial charge in [0.15, 0.2) is 10.9 Å². The average molecular weight is 408 g/mol. The van der Waals surface area contributed by atoms with Crippen molar-refractivity contribution in [3.05, 3.63) is 87.7 Å². The van der Waals surface area contributed by atoms with Gasteiger partial charge in [0.1, 0.15) is 5.82 Å². The van der Waals surface area contributed by atoms with Crippen LogP contribution in [0.5, 0.6) is 0 Å². The molecule has 0 N–H and O–H groups in total. The summed E-state index contributed by atoms with van der Waals surface area (Å²) in [5.41, 5.74) is 2.80. The van der Waals surface area contributed by atoms with E-state index in [9.17, 15) is 14.0 Å². The third-order valence-electron chi connectivity index (χ3n) is 4.54. The van der Waals surface area contributed by atoms with Crippen LogP contribution in [0.3, 0.4) is 0 Å². The molecule has 0 unspecified atom stereocenters. The second-order valence-corrected chi connectivity index (χ2v) is 7.60. The molecule has 146 valence electrons. The van der Waals surface area contributed by atoms with Crippen molar-refractivity contribution in [2.75, 3.05) is 5.75 Å². The molecule has 8 heteroatoms. The van der Waals surface area contributed by atoms with Crippen molar-refractivity contribution in [2.24, 2.45) is 0 Å². The first-order valence-corrected chi connectivity index (χ1v) is 9.88. The Bertz CT molecular complexity index is 1300. The lowest BCUT2D eigenvalue weighted by molar-refractivity contribution is 0.102. The summed E-state index contributed by atoms with van der Waals surface area (Å²) in [5.74, 6) is -0.272. The number of rotatable bonds is 5. The van der Waals surface area contributed by atoms with Crippen LogP contribution in [-0.4, -0.2) is 30.7 Å². The van der Waals surface area contributed by atoms with Crippen LogP contribution in [0, 0.1) is 19.7 Å². The molecule has 0 atom stereocenters. The lowest BCUT2D eigenvalue weighted by atomic mass is 10.0. The van der Waals surface area contributed by atoms with Crippen molar-refractivity contribution in [3.63, 3.8) is 0 Å². The highest BCUT2D eigenvalue weighted by Crippen LogP contribution is 2.20. The fourth-order valence-corrected chi connectivity index (χ4v) is 3.93. The van der Waals surface area contributed by atoms with Crippen molar-refractivity contribution in [2.45, 2.75) is 19.0 Å². The third kappa shape index (κ3) is 3.71. The summed E-state index contributed by atoms with van der Waals surface area (Å²) in [4.78, 5) is 25.3. The van der Waals surface area contributed by atoms with Gasteiger partial charge in [0.05, 0.1) is 11.4 Å². The Morgan fingerprint density at radius 3 is 2.69 bits per heavy atom. The topological polar surface area (TPSA) is 69.3 Å². The minimum Gasteiger partial charge on any atom is -0.293 e. The van der Waals surface area contributed by atoms with Crippen molar-refractivity contribution in [1.29, 1.82) is 0 Å². The number of benzene rings is 2. The van der Waals surface area contributed by atoms with Crippen LogP contribution < -0.4 is 5.56 Å². The summed E-state index contributed by atoms with van der Waals surface area (Å²) < 4.78 is 16.3. The van der Waals surface area contributed by atoms with E-state index in [0.29, 0.717) is 16.4 Å². The molecule has 0 fully saturated rings. The van der Waals surface area contributed by atoms with Gasteiger partial charge in [-0.1, -0.05) is 41.6 Å². The lowest BCUT2D eigenvalue weighted by Crippen LogP contribution is -2.20. The summed E-state index contributed by atoms with van der Waals surface area (Å²) in [6, 6.07) is 11.5. The van der Waals surface area contributed by atoms with E-state index in [2.05, 4.69) is 10.2 Å². The van der Waals surface area contributed by atoms with Gasteiger partial charge in [-0.15, -0.1) is 10.2 Å². The Labute approximate surface area is 170 Å². The molecule has 4 aromatic rings. The van der Waals surface area contributed by atoms with Crippen LogP contribution in [0.2, 0.25) is 0 Å². The highest BCUT2D eigenvalue weighted by atomic mass is 32.2. The molecule has 0 saturated carbocycles. The van der Waals surface area contributed by atoms with Crippen LogP contribution in [0.4, 0.5) is 4.39 Å². The van der Waals surface area contributed by atoms with E-state index >= 15 is 0 Å². The number of fused-ring (bicyclic) bond motifs is 1. The molecule has 2 aromatic heterocycles. The van der Waals surface area contributed by atoms with E-state index in [1.165, 1.54) is 45.1 Å². The zero-order valence-corrected chi connectivity index (χ0v) is 16.6. The molecule has 2 aromatic carbocycles. The standard InChI is InChI=1S/C21H17FN4O2S/c1-13-6-7-17(14(2)10-13)18(27)12-29-21-24-23-19-20(28)25(8-9-26(19)21)16-5-3-4-15(22)11-16/h3-11H,12H2,1-2H3. The molecule has 0 saturated heterocycles. The molecule has 0 amide bonds. The molecule has 6 nitrogen and oxygen atoms in total. The number of hydrogen-bond acceptors (Lipinski definition) is 5. The van der Waals surface area contributed by atoms with Gasteiger partial charge in [-0.05, 0) is 37.6 Å². The third-order valence-corrected chi connectivity index (χ3v) is 5.48. The number of carbonyl (C=O) groups is 1. The van der Waals surface area contributed by atoms with Gasteiger partial charge in [-0.2, -0.15) is 0 Å². The Morgan fingerprint density at radius 2 is 1.93 bits per heavy atom. The van der Waals surface area contributed by atoms with Gasteiger partial charge in [-0.3, -0.25) is 18.6 Å². The van der Waals surface area contributed by atoms with Gasteiger partial charge in [-0.25, -0.2) is 4.39 Å². The first kappa shape index (κ1) is 19.1. The van der Waals surface area contributed by atoms with Crippen LogP contribution >= 0.6 is 11.8 Å². The fourth-order valence-electron chi connectivity index (χ4n) is 3.13. The normalized spacial score (nSPS) is 11.1. The fraction of sp³-hybridized carbons (Fsp3) is 0.143. The monoisotopic (exact) mass is 408 g/mol. The van der Waals surface area contributed by atoms with E-state index in [1.807, 2.05) is 32.0 Å². The maximum atomic E-state index is 13.5. The van der Waals surface area contributed by atoms with Gasteiger partial charge < -0.3 is 0 Å². The molecule has 0 aliphatic carbocycles. The summed E-state index contributed by atoms with van der Waals surface area (Å²) in [6.07, 6.45) is 3.16. The van der Waals surface area contributed by atoms with Crippen molar-refractivity contribution < 1.29 is 9.18 Å². The number of aryl methyl sites for hydroxylation is 2. The molecule has 2 heterocycles. The second kappa shape index (κ2) is 7.63. The summed E-state index contributed by atoms with van der Waals surface area (Å²) in [7, 11) is 0. The predicted molar refractivity (Wildman–Crippen MR) is 110 cm³/mol. The van der Waals surface area contributed by atoms with Crippen LogP contribution in [-0.2, 0) is 0 Å². The number of halogens is 1. The molecule has 29 heavy (non-hydrogen) atoms.